The van der Waals surface area contributed by atoms with Crippen molar-refractivity contribution in [1.29, 1.82) is 0 Å². The molecule has 0 aliphatic carbocycles. The molecule has 0 spiro atoms. The minimum Gasteiger partial charge on any atom is -0.456 e. The molecular weight excluding hydrogens is 625 g/mol. The van der Waals surface area contributed by atoms with Gasteiger partial charge in [0.25, 0.3) is 0 Å². The Kier molecular flexibility index (Phi) is 6.08. The van der Waals surface area contributed by atoms with Gasteiger partial charge in [-0.15, -0.1) is 22.7 Å². The third-order valence-electron chi connectivity index (χ3n) is 9.43. The van der Waals surface area contributed by atoms with Crippen molar-refractivity contribution in [3.8, 4) is 44.9 Å². The monoisotopic (exact) mass is 652 g/mol. The number of benzene rings is 6. The second-order valence-electron chi connectivity index (χ2n) is 12.7. The lowest BCUT2D eigenvalue weighted by Gasteiger charge is -2.04. The van der Waals surface area contributed by atoms with Crippen LogP contribution >= 0.6 is 22.7 Å². The van der Waals surface area contributed by atoms with Gasteiger partial charge in [-0.05, 0) is 84.6 Å². The maximum atomic E-state index is 6.14. The smallest absolute Gasteiger partial charge is 0.135 e. The van der Waals surface area contributed by atoms with E-state index in [4.69, 9.17) is 8.83 Å². The Labute approximate surface area is 285 Å². The molecular formula is C44H28O2S2. The molecule has 228 valence electrons. The quantitative estimate of drug-likeness (QED) is 0.189. The minimum absolute atomic E-state index is 0.904. The lowest BCUT2D eigenvalue weighted by molar-refractivity contribution is 0.631. The van der Waals surface area contributed by atoms with Crippen LogP contribution in [-0.4, -0.2) is 0 Å². The van der Waals surface area contributed by atoms with Crippen LogP contribution in [0, 0.1) is 13.8 Å². The fraction of sp³-hybridized carbons (Fsp3) is 0.0455. The van der Waals surface area contributed by atoms with E-state index in [0.717, 1.165) is 44.6 Å². The number of aryl methyl sites for hydroxylation is 2. The van der Waals surface area contributed by atoms with Gasteiger partial charge in [0.1, 0.15) is 22.7 Å². The van der Waals surface area contributed by atoms with Gasteiger partial charge in [-0.1, -0.05) is 96.1 Å². The predicted molar refractivity (Wildman–Crippen MR) is 205 cm³/mol. The van der Waals surface area contributed by atoms with Crippen molar-refractivity contribution in [1.82, 2.24) is 0 Å². The number of rotatable bonds is 4. The highest BCUT2D eigenvalue weighted by Crippen LogP contribution is 2.46. The van der Waals surface area contributed by atoms with E-state index in [0.29, 0.717) is 0 Å². The highest BCUT2D eigenvalue weighted by atomic mass is 32.1. The summed E-state index contributed by atoms with van der Waals surface area (Å²) < 4.78 is 17.7. The molecule has 2 nitrogen and oxygen atoms in total. The summed E-state index contributed by atoms with van der Waals surface area (Å²) in [7, 11) is 0. The number of furan rings is 2. The predicted octanol–water partition coefficient (Wildman–Crippen LogP) is 14.0. The molecule has 0 fully saturated rings. The summed E-state index contributed by atoms with van der Waals surface area (Å²) in [6, 6.07) is 48.1. The van der Waals surface area contributed by atoms with Crippen LogP contribution in [0.1, 0.15) is 11.1 Å². The molecule has 48 heavy (non-hydrogen) atoms. The molecule has 0 atom stereocenters. The van der Waals surface area contributed by atoms with E-state index in [1.54, 1.807) is 0 Å². The van der Waals surface area contributed by atoms with E-state index in [1.165, 1.54) is 63.0 Å². The van der Waals surface area contributed by atoms with Gasteiger partial charge in [0, 0.05) is 42.1 Å². The summed E-state index contributed by atoms with van der Waals surface area (Å²) in [6.45, 7) is 4.22. The van der Waals surface area contributed by atoms with Crippen LogP contribution < -0.4 is 0 Å². The molecule has 4 heterocycles. The highest BCUT2D eigenvalue weighted by molar-refractivity contribution is 7.36. The zero-order chi connectivity index (χ0) is 31.9. The average molecular weight is 653 g/mol. The van der Waals surface area contributed by atoms with Crippen molar-refractivity contribution >= 4 is 74.2 Å². The van der Waals surface area contributed by atoms with Crippen LogP contribution in [0.4, 0.5) is 0 Å². The molecule has 4 heteroatoms. The largest absolute Gasteiger partial charge is 0.456 e. The topological polar surface area (TPSA) is 26.3 Å². The molecule has 10 rings (SSSR count). The fourth-order valence-electron chi connectivity index (χ4n) is 6.88. The molecule has 0 unspecified atom stereocenters. The Bertz CT molecular complexity index is 2640. The molecule has 0 saturated heterocycles. The summed E-state index contributed by atoms with van der Waals surface area (Å²) >= 11 is 3.80. The normalized spacial score (nSPS) is 12.0. The van der Waals surface area contributed by atoms with Crippen molar-refractivity contribution in [3.05, 3.63) is 145 Å². The van der Waals surface area contributed by atoms with Crippen LogP contribution in [0.2, 0.25) is 0 Å². The molecule has 6 aromatic carbocycles. The van der Waals surface area contributed by atoms with Gasteiger partial charge in [0.05, 0.1) is 9.40 Å². The molecule has 0 saturated carbocycles. The summed E-state index contributed by atoms with van der Waals surface area (Å²) in [5.41, 5.74) is 11.4. The highest BCUT2D eigenvalue weighted by Gasteiger charge is 2.15. The zero-order valence-corrected chi connectivity index (χ0v) is 28.0. The molecule has 0 aliphatic rings. The molecule has 0 aliphatic heterocycles. The van der Waals surface area contributed by atoms with Gasteiger partial charge < -0.3 is 8.83 Å². The van der Waals surface area contributed by atoms with Crippen LogP contribution in [0.15, 0.2) is 142 Å². The molecule has 0 radical (unpaired) electrons. The number of hydrogen-bond acceptors (Lipinski definition) is 4. The Balaban J connectivity index is 0.938. The van der Waals surface area contributed by atoms with Crippen molar-refractivity contribution in [2.24, 2.45) is 0 Å². The first-order valence-electron chi connectivity index (χ1n) is 16.1. The molecule has 0 bridgehead atoms. The Morgan fingerprint density at radius 1 is 0.375 bits per heavy atom. The van der Waals surface area contributed by atoms with Gasteiger partial charge >= 0.3 is 0 Å². The van der Waals surface area contributed by atoms with E-state index in [2.05, 4.69) is 147 Å². The summed E-state index contributed by atoms with van der Waals surface area (Å²) in [6.07, 6.45) is 0. The summed E-state index contributed by atoms with van der Waals surface area (Å²) in [5, 5.41) is 4.96. The Morgan fingerprint density at radius 2 is 0.771 bits per heavy atom. The van der Waals surface area contributed by atoms with E-state index in [-0.39, 0.29) is 0 Å². The molecule has 4 aromatic heterocycles. The summed E-state index contributed by atoms with van der Waals surface area (Å²) in [4.78, 5) is 0. The van der Waals surface area contributed by atoms with Crippen molar-refractivity contribution in [3.63, 3.8) is 0 Å². The van der Waals surface area contributed by atoms with Crippen LogP contribution in [0.25, 0.3) is 96.4 Å². The average Bonchev–Trinajstić information content (AvgIpc) is 3.89. The number of hydrogen-bond donors (Lipinski definition) is 0. The number of fused-ring (bicyclic) bond motifs is 7. The molecule has 10 aromatic rings. The second-order valence-corrected chi connectivity index (χ2v) is 14.8. The lowest BCUT2D eigenvalue weighted by Crippen LogP contribution is -1.79. The summed E-state index contributed by atoms with van der Waals surface area (Å²) in [5.74, 6) is 1.81. The van der Waals surface area contributed by atoms with E-state index >= 15 is 0 Å². The Hall–Kier alpha value is -5.42. The lowest BCUT2D eigenvalue weighted by atomic mass is 10.0. The third-order valence-corrected chi connectivity index (χ3v) is 11.9. The van der Waals surface area contributed by atoms with Crippen LogP contribution in [0.5, 0.6) is 0 Å². The zero-order valence-electron chi connectivity index (χ0n) is 26.3. The number of thiophene rings is 2. The van der Waals surface area contributed by atoms with Gasteiger partial charge in [-0.2, -0.15) is 0 Å². The van der Waals surface area contributed by atoms with E-state index in [1.807, 2.05) is 22.7 Å². The first-order chi connectivity index (χ1) is 23.5. The maximum Gasteiger partial charge on any atom is 0.135 e. The fourth-order valence-corrected chi connectivity index (χ4v) is 9.61. The van der Waals surface area contributed by atoms with Crippen molar-refractivity contribution < 1.29 is 8.83 Å². The molecule has 0 N–H and O–H groups in total. The molecule has 0 amide bonds. The van der Waals surface area contributed by atoms with E-state index in [9.17, 15) is 0 Å². The van der Waals surface area contributed by atoms with Crippen molar-refractivity contribution in [2.45, 2.75) is 13.8 Å². The van der Waals surface area contributed by atoms with Gasteiger partial charge in [-0.25, -0.2) is 0 Å². The minimum atomic E-state index is 0.904. The second kappa shape index (κ2) is 10.5. The van der Waals surface area contributed by atoms with Crippen molar-refractivity contribution in [2.75, 3.05) is 0 Å². The van der Waals surface area contributed by atoms with Crippen LogP contribution in [0.3, 0.4) is 0 Å². The Morgan fingerprint density at radius 3 is 1.21 bits per heavy atom. The standard InChI is InChI=1S/C44H28O2S2/c1-25-3-17-37-33(19-25)21-39(45-37)29-9-5-27(6-10-29)31-13-15-35-41(23-31)47-44-36-16-14-32(24-42(36)48-43(35)44)28-7-11-30(12-8-28)40-22-34-20-26(2)4-18-38(34)46-40/h3-24H,1-2H3. The third kappa shape index (κ3) is 4.52. The maximum absolute atomic E-state index is 6.14. The van der Waals surface area contributed by atoms with Crippen LogP contribution in [-0.2, 0) is 0 Å². The first-order valence-corrected chi connectivity index (χ1v) is 17.8. The van der Waals surface area contributed by atoms with Gasteiger partial charge in [-0.3, -0.25) is 0 Å². The van der Waals surface area contributed by atoms with Gasteiger partial charge in [0.2, 0.25) is 0 Å². The first kappa shape index (κ1) is 27.7. The SMILES string of the molecule is Cc1ccc2oc(-c3ccc(-c4ccc5c(c4)sc4c6ccc(-c7ccc(-c8cc9cc(C)ccc9o8)cc7)cc6sc54)cc3)cc2c1. The van der Waals surface area contributed by atoms with E-state index < -0.39 is 0 Å². The van der Waals surface area contributed by atoms with Gasteiger partial charge in [0.15, 0.2) is 0 Å².